The number of nitrogens with zero attached hydrogens (tertiary/aromatic N) is 3. The number of carbonyl (C=O) groups excluding carboxylic acids is 2. The van der Waals surface area contributed by atoms with E-state index in [-0.39, 0.29) is 29.2 Å². The molecule has 1 atom stereocenters. The highest BCUT2D eigenvalue weighted by molar-refractivity contribution is 6.32. The zero-order valence-electron chi connectivity index (χ0n) is 14.5. The Morgan fingerprint density at radius 3 is 2.70 bits per heavy atom. The number of halogens is 1. The molecular formula is C19H16BFN4O2. The number of fused-ring (bicyclic) bond motifs is 3. The predicted molar refractivity (Wildman–Crippen MR) is 96.3 cm³/mol. The van der Waals surface area contributed by atoms with E-state index in [2.05, 4.69) is 15.3 Å². The lowest BCUT2D eigenvalue weighted by Crippen LogP contribution is -2.48. The van der Waals surface area contributed by atoms with Crippen LogP contribution in [-0.4, -0.2) is 47.6 Å². The molecule has 0 saturated heterocycles. The van der Waals surface area contributed by atoms with Gasteiger partial charge in [0.1, 0.15) is 14.4 Å². The van der Waals surface area contributed by atoms with Crippen LogP contribution in [0.15, 0.2) is 30.6 Å². The summed E-state index contributed by atoms with van der Waals surface area (Å²) in [6.45, 7) is 0.418. The van der Waals surface area contributed by atoms with Gasteiger partial charge in [0.05, 0.1) is 12.4 Å². The van der Waals surface area contributed by atoms with Gasteiger partial charge in [0.2, 0.25) is 11.9 Å². The molecule has 2 fully saturated rings. The number of carbonyl (C=O) groups is 2. The zero-order valence-corrected chi connectivity index (χ0v) is 14.5. The van der Waals surface area contributed by atoms with Crippen molar-refractivity contribution in [2.45, 2.75) is 24.7 Å². The van der Waals surface area contributed by atoms with Crippen LogP contribution in [0.25, 0.3) is 0 Å². The van der Waals surface area contributed by atoms with Gasteiger partial charge in [-0.15, -0.1) is 0 Å². The van der Waals surface area contributed by atoms with E-state index < -0.39 is 11.7 Å². The smallest absolute Gasteiger partial charge is 0.254 e. The van der Waals surface area contributed by atoms with Crippen molar-refractivity contribution in [3.05, 3.63) is 47.5 Å². The second-order valence-corrected chi connectivity index (χ2v) is 7.78. The molecule has 2 radical (unpaired) electrons. The van der Waals surface area contributed by atoms with E-state index >= 15 is 0 Å². The van der Waals surface area contributed by atoms with Crippen LogP contribution >= 0.6 is 0 Å². The van der Waals surface area contributed by atoms with Crippen LogP contribution in [0.4, 0.5) is 10.3 Å². The lowest BCUT2D eigenvalue weighted by molar-refractivity contribution is -0.117. The van der Waals surface area contributed by atoms with E-state index in [1.165, 1.54) is 0 Å². The van der Waals surface area contributed by atoms with Crippen molar-refractivity contribution in [2.75, 3.05) is 18.4 Å². The number of nitrogens with one attached hydrogen (secondary N) is 1. The van der Waals surface area contributed by atoms with Crippen LogP contribution in [-0.2, 0) is 10.2 Å². The number of aromatic nitrogens is 2. The fraction of sp³-hybridized carbons (Fsp3) is 0.368. The van der Waals surface area contributed by atoms with Crippen molar-refractivity contribution in [1.29, 1.82) is 0 Å². The lowest BCUT2D eigenvalue weighted by Gasteiger charge is -2.35. The lowest BCUT2D eigenvalue weighted by atomic mass is 9.80. The van der Waals surface area contributed by atoms with E-state index in [4.69, 9.17) is 7.85 Å². The van der Waals surface area contributed by atoms with Crippen molar-refractivity contribution < 1.29 is 14.0 Å². The molecule has 2 aromatic rings. The Balaban J connectivity index is 1.39. The number of hydrogen-bond acceptors (Lipinski definition) is 4. The Morgan fingerprint density at radius 2 is 2.04 bits per heavy atom. The van der Waals surface area contributed by atoms with Gasteiger partial charge in [-0.05, 0) is 36.3 Å². The summed E-state index contributed by atoms with van der Waals surface area (Å²) >= 11 is 0. The Bertz CT molecular complexity index is 976. The second-order valence-electron chi connectivity index (χ2n) is 7.78. The molecule has 5 rings (SSSR count). The molecule has 6 nitrogen and oxygen atoms in total. The van der Waals surface area contributed by atoms with Gasteiger partial charge in [-0.2, -0.15) is 0 Å². The SMILES string of the molecule is [B]c1ccc2c(c1)C1(CN(CC(=O)Nc3ncc(F)cn3)C2=O)CC12CC2. The predicted octanol–water partition coefficient (Wildman–Crippen LogP) is 0.926. The highest BCUT2D eigenvalue weighted by atomic mass is 19.1. The van der Waals surface area contributed by atoms with Gasteiger partial charge in [-0.3, -0.25) is 14.9 Å². The summed E-state index contributed by atoms with van der Waals surface area (Å²) in [6.07, 6.45) is 5.29. The highest BCUT2D eigenvalue weighted by Gasteiger charge is 2.76. The molecule has 134 valence electrons. The minimum Gasteiger partial charge on any atom is -0.328 e. The molecule has 1 N–H and O–H groups in total. The van der Waals surface area contributed by atoms with Gasteiger partial charge in [0, 0.05) is 17.5 Å². The molecule has 2 amide bonds. The van der Waals surface area contributed by atoms with E-state index in [1.54, 1.807) is 17.0 Å². The summed E-state index contributed by atoms with van der Waals surface area (Å²) in [5, 5.41) is 2.51. The number of hydrogen-bond donors (Lipinski definition) is 1. The molecular weight excluding hydrogens is 346 g/mol. The van der Waals surface area contributed by atoms with Crippen LogP contribution in [0.2, 0.25) is 0 Å². The van der Waals surface area contributed by atoms with Crippen LogP contribution in [0.1, 0.15) is 35.2 Å². The first kappa shape index (κ1) is 16.4. The van der Waals surface area contributed by atoms with Gasteiger partial charge < -0.3 is 4.90 Å². The van der Waals surface area contributed by atoms with Gasteiger partial charge in [0.25, 0.3) is 5.91 Å². The van der Waals surface area contributed by atoms with Gasteiger partial charge in [-0.25, -0.2) is 14.4 Å². The molecule has 1 unspecified atom stereocenters. The van der Waals surface area contributed by atoms with Gasteiger partial charge in [0.15, 0.2) is 5.82 Å². The normalized spacial score (nSPS) is 24.0. The molecule has 1 aliphatic heterocycles. The molecule has 2 heterocycles. The maximum Gasteiger partial charge on any atom is 0.254 e. The average Bonchev–Trinajstić information content (AvgIpc) is 3.54. The molecule has 2 spiro atoms. The van der Waals surface area contributed by atoms with Crippen molar-refractivity contribution in [3.8, 4) is 0 Å². The second kappa shape index (κ2) is 5.37. The zero-order chi connectivity index (χ0) is 18.8. The maximum atomic E-state index is 12.9. The first-order valence-corrected chi connectivity index (χ1v) is 8.89. The van der Waals surface area contributed by atoms with E-state index in [1.807, 2.05) is 6.07 Å². The molecule has 3 aliphatic rings. The summed E-state index contributed by atoms with van der Waals surface area (Å²) in [6, 6.07) is 5.41. The van der Waals surface area contributed by atoms with Crippen molar-refractivity contribution in [1.82, 2.24) is 14.9 Å². The first-order valence-electron chi connectivity index (χ1n) is 8.89. The number of rotatable bonds is 3. The van der Waals surface area contributed by atoms with E-state index in [9.17, 15) is 14.0 Å². The quantitative estimate of drug-likeness (QED) is 0.825. The summed E-state index contributed by atoms with van der Waals surface area (Å²) < 4.78 is 12.9. The Labute approximate surface area is 156 Å². The number of benzene rings is 1. The molecule has 2 aliphatic carbocycles. The topological polar surface area (TPSA) is 75.2 Å². The summed E-state index contributed by atoms with van der Waals surface area (Å²) in [5.41, 5.74) is 2.50. The van der Waals surface area contributed by atoms with Crippen molar-refractivity contribution in [3.63, 3.8) is 0 Å². The minimum absolute atomic E-state index is 0.0128. The van der Waals surface area contributed by atoms with Crippen LogP contribution in [0.3, 0.4) is 0 Å². The molecule has 1 aromatic carbocycles. The fourth-order valence-corrected chi connectivity index (χ4v) is 4.58. The fourth-order valence-electron chi connectivity index (χ4n) is 4.58. The van der Waals surface area contributed by atoms with Crippen LogP contribution in [0.5, 0.6) is 0 Å². The number of anilines is 1. The first-order chi connectivity index (χ1) is 12.9. The van der Waals surface area contributed by atoms with Gasteiger partial charge in [-0.1, -0.05) is 17.6 Å². The third-order valence-electron chi connectivity index (χ3n) is 6.13. The number of amides is 2. The average molecular weight is 362 g/mol. The van der Waals surface area contributed by atoms with Crippen LogP contribution in [0, 0.1) is 11.2 Å². The van der Waals surface area contributed by atoms with Crippen LogP contribution < -0.4 is 10.8 Å². The van der Waals surface area contributed by atoms with Crippen molar-refractivity contribution in [2.24, 2.45) is 5.41 Å². The van der Waals surface area contributed by atoms with Gasteiger partial charge >= 0.3 is 0 Å². The molecule has 8 heteroatoms. The maximum absolute atomic E-state index is 12.9. The molecule has 0 bridgehead atoms. The summed E-state index contributed by atoms with van der Waals surface area (Å²) in [4.78, 5) is 34.3. The third kappa shape index (κ3) is 2.46. The highest BCUT2D eigenvalue weighted by Crippen LogP contribution is 2.79. The Morgan fingerprint density at radius 1 is 1.30 bits per heavy atom. The monoisotopic (exact) mass is 362 g/mol. The Kier molecular flexibility index (Phi) is 3.27. The molecule has 2 saturated carbocycles. The molecule has 1 aromatic heterocycles. The summed E-state index contributed by atoms with van der Waals surface area (Å²) in [5.74, 6) is -1.15. The standard InChI is InChI=1S/C19H16BFN4O2/c20-11-1-2-13-14(5-11)19(9-18(19)3-4-18)10-25(16(13)27)8-15(26)24-17-22-6-12(21)7-23-17/h1-2,5-7H,3-4,8-10H2,(H,22,23,24,26). The minimum atomic E-state index is -0.583. The molecule has 27 heavy (non-hydrogen) atoms. The van der Waals surface area contributed by atoms with Crippen molar-refractivity contribution >= 4 is 31.1 Å². The Hall–Kier alpha value is -2.77. The summed E-state index contributed by atoms with van der Waals surface area (Å²) in [7, 11) is 5.97. The van der Waals surface area contributed by atoms with E-state index in [0.29, 0.717) is 17.6 Å². The third-order valence-corrected chi connectivity index (χ3v) is 6.13. The van der Waals surface area contributed by atoms with E-state index in [0.717, 1.165) is 37.2 Å². The largest absolute Gasteiger partial charge is 0.328 e.